The van der Waals surface area contributed by atoms with Gasteiger partial charge in [0.2, 0.25) is 0 Å². The first kappa shape index (κ1) is 15.8. The maximum absolute atomic E-state index is 5.94. The molecule has 1 unspecified atom stereocenters. The van der Waals surface area contributed by atoms with E-state index in [0.717, 1.165) is 28.2 Å². The molecule has 0 spiro atoms. The van der Waals surface area contributed by atoms with Crippen LogP contribution in [0.25, 0.3) is 11.0 Å². The van der Waals surface area contributed by atoms with E-state index in [2.05, 4.69) is 53.4 Å². The lowest BCUT2D eigenvalue weighted by molar-refractivity contribution is 0.438. The molecule has 4 heteroatoms. The lowest BCUT2D eigenvalue weighted by Crippen LogP contribution is -2.11. The fraction of sp³-hybridized carbons (Fsp3) is 0.562. The molecule has 2 rings (SSSR count). The first-order valence-electron chi connectivity index (χ1n) is 7.25. The first-order chi connectivity index (χ1) is 9.52. The van der Waals surface area contributed by atoms with Crippen molar-refractivity contribution < 1.29 is 0 Å². The van der Waals surface area contributed by atoms with Crippen LogP contribution in [0.3, 0.4) is 0 Å². The first-order valence-corrected chi connectivity index (χ1v) is 8.58. The van der Waals surface area contributed by atoms with Crippen LogP contribution >= 0.6 is 27.5 Å². The van der Waals surface area contributed by atoms with Gasteiger partial charge in [0, 0.05) is 22.8 Å². The van der Waals surface area contributed by atoms with Crippen molar-refractivity contribution in [3.63, 3.8) is 0 Å². The summed E-state index contributed by atoms with van der Waals surface area (Å²) in [5.74, 6) is 2.45. The maximum Gasteiger partial charge on any atom is 0.111 e. The van der Waals surface area contributed by atoms with Crippen LogP contribution in [0.5, 0.6) is 0 Å². The number of rotatable bonds is 6. The molecule has 0 saturated heterocycles. The van der Waals surface area contributed by atoms with Crippen molar-refractivity contribution in [1.29, 1.82) is 0 Å². The molecule has 0 aliphatic carbocycles. The number of hydrogen-bond donors (Lipinski definition) is 0. The normalized spacial score (nSPS) is 13.3. The molecule has 20 heavy (non-hydrogen) atoms. The number of imidazole rings is 1. The van der Waals surface area contributed by atoms with Crippen LogP contribution in [0.4, 0.5) is 0 Å². The van der Waals surface area contributed by atoms with Crippen molar-refractivity contribution in [2.24, 2.45) is 5.92 Å². The van der Waals surface area contributed by atoms with Gasteiger partial charge in [0.1, 0.15) is 5.82 Å². The summed E-state index contributed by atoms with van der Waals surface area (Å²) in [4.78, 5) is 4.75. The zero-order valence-electron chi connectivity index (χ0n) is 12.4. The van der Waals surface area contributed by atoms with Crippen molar-refractivity contribution in [1.82, 2.24) is 9.55 Å². The lowest BCUT2D eigenvalue weighted by atomic mass is 10.0. The zero-order chi connectivity index (χ0) is 14.7. The fourth-order valence-corrected chi connectivity index (χ4v) is 3.09. The van der Waals surface area contributed by atoms with Crippen molar-refractivity contribution in [3.05, 3.63) is 28.5 Å². The Hall–Kier alpha value is -0.540. The Bertz CT molecular complexity index is 577. The van der Waals surface area contributed by atoms with Crippen LogP contribution in [0.15, 0.2) is 22.7 Å². The molecule has 1 heterocycles. The standard InChI is InChI=1S/C16H22BrClN2/c1-11(2)4-5-12(3)20-15-10-13(17)6-7-14(15)19-16(20)8-9-18/h6-7,10-12H,4-5,8-9H2,1-3H3. The summed E-state index contributed by atoms with van der Waals surface area (Å²) in [6, 6.07) is 6.73. The molecule has 1 aromatic carbocycles. The predicted molar refractivity (Wildman–Crippen MR) is 90.6 cm³/mol. The second-order valence-electron chi connectivity index (χ2n) is 5.79. The Morgan fingerprint density at radius 1 is 1.25 bits per heavy atom. The van der Waals surface area contributed by atoms with Crippen LogP contribution < -0.4 is 0 Å². The van der Waals surface area contributed by atoms with E-state index in [1.54, 1.807) is 0 Å². The van der Waals surface area contributed by atoms with Gasteiger partial charge in [-0.05, 0) is 43.9 Å². The van der Waals surface area contributed by atoms with E-state index < -0.39 is 0 Å². The minimum Gasteiger partial charge on any atom is -0.325 e. The third-order valence-electron chi connectivity index (χ3n) is 3.65. The third kappa shape index (κ3) is 3.56. The molecule has 1 aromatic heterocycles. The summed E-state index contributed by atoms with van der Waals surface area (Å²) in [7, 11) is 0. The van der Waals surface area contributed by atoms with E-state index in [1.807, 2.05) is 6.07 Å². The Morgan fingerprint density at radius 3 is 2.65 bits per heavy atom. The van der Waals surface area contributed by atoms with Crippen LogP contribution in [-0.4, -0.2) is 15.4 Å². The number of aromatic nitrogens is 2. The summed E-state index contributed by atoms with van der Waals surface area (Å²) >= 11 is 9.50. The van der Waals surface area contributed by atoms with E-state index in [4.69, 9.17) is 16.6 Å². The number of benzene rings is 1. The largest absolute Gasteiger partial charge is 0.325 e. The quantitative estimate of drug-likeness (QED) is 0.617. The van der Waals surface area contributed by atoms with Crippen LogP contribution in [0.1, 0.15) is 45.5 Å². The Morgan fingerprint density at radius 2 is 2.00 bits per heavy atom. The third-order valence-corrected chi connectivity index (χ3v) is 4.33. The van der Waals surface area contributed by atoms with Gasteiger partial charge in [0.15, 0.2) is 0 Å². The van der Waals surface area contributed by atoms with Crippen molar-refractivity contribution in [3.8, 4) is 0 Å². The molecule has 0 amide bonds. The molecule has 1 atom stereocenters. The van der Waals surface area contributed by atoms with E-state index in [-0.39, 0.29) is 0 Å². The predicted octanol–water partition coefficient (Wildman–Crippen LogP) is 5.58. The molecule has 0 aliphatic heterocycles. The van der Waals surface area contributed by atoms with Gasteiger partial charge >= 0.3 is 0 Å². The molecule has 0 saturated carbocycles. The summed E-state index contributed by atoms with van der Waals surface area (Å²) in [6.45, 7) is 6.83. The Balaban J connectivity index is 2.41. The van der Waals surface area contributed by atoms with E-state index in [0.29, 0.717) is 11.9 Å². The van der Waals surface area contributed by atoms with Crippen LogP contribution in [-0.2, 0) is 6.42 Å². The maximum atomic E-state index is 5.94. The molecule has 0 bridgehead atoms. The van der Waals surface area contributed by atoms with Crippen molar-refractivity contribution in [2.45, 2.75) is 46.1 Å². The zero-order valence-corrected chi connectivity index (χ0v) is 14.7. The minimum atomic E-state index is 0.454. The van der Waals surface area contributed by atoms with Gasteiger partial charge in [0.05, 0.1) is 11.0 Å². The topological polar surface area (TPSA) is 17.8 Å². The van der Waals surface area contributed by atoms with Crippen molar-refractivity contribution in [2.75, 3.05) is 5.88 Å². The summed E-state index contributed by atoms with van der Waals surface area (Å²) in [6.07, 6.45) is 3.22. The fourth-order valence-electron chi connectivity index (χ4n) is 2.57. The number of fused-ring (bicyclic) bond motifs is 1. The molecule has 0 radical (unpaired) electrons. The lowest BCUT2D eigenvalue weighted by Gasteiger charge is -2.18. The monoisotopic (exact) mass is 356 g/mol. The molecule has 0 fully saturated rings. The Kier molecular flexibility index (Phi) is 5.50. The summed E-state index contributed by atoms with van der Waals surface area (Å²) in [5, 5.41) is 0. The average Bonchev–Trinajstić information content (AvgIpc) is 2.73. The highest BCUT2D eigenvalue weighted by Crippen LogP contribution is 2.27. The van der Waals surface area contributed by atoms with Gasteiger partial charge in [-0.1, -0.05) is 29.8 Å². The molecule has 0 aliphatic rings. The highest BCUT2D eigenvalue weighted by Gasteiger charge is 2.16. The van der Waals surface area contributed by atoms with Crippen LogP contribution in [0.2, 0.25) is 0 Å². The summed E-state index contributed by atoms with van der Waals surface area (Å²) < 4.78 is 3.46. The minimum absolute atomic E-state index is 0.454. The summed E-state index contributed by atoms with van der Waals surface area (Å²) in [5.41, 5.74) is 2.26. The average molecular weight is 358 g/mol. The van der Waals surface area contributed by atoms with Gasteiger partial charge in [-0.2, -0.15) is 0 Å². The van der Waals surface area contributed by atoms with Crippen molar-refractivity contribution >= 4 is 38.6 Å². The number of alkyl halides is 1. The highest BCUT2D eigenvalue weighted by atomic mass is 79.9. The highest BCUT2D eigenvalue weighted by molar-refractivity contribution is 9.10. The number of hydrogen-bond acceptors (Lipinski definition) is 1. The van der Waals surface area contributed by atoms with Gasteiger partial charge in [-0.3, -0.25) is 0 Å². The van der Waals surface area contributed by atoms with Gasteiger partial charge in [0.25, 0.3) is 0 Å². The SMILES string of the molecule is CC(C)CCC(C)n1c(CCCl)nc2ccc(Br)cc21. The smallest absolute Gasteiger partial charge is 0.111 e. The van der Waals surface area contributed by atoms with Gasteiger partial charge in [-0.25, -0.2) is 4.98 Å². The van der Waals surface area contributed by atoms with E-state index in [1.165, 1.54) is 18.4 Å². The van der Waals surface area contributed by atoms with E-state index >= 15 is 0 Å². The second-order valence-corrected chi connectivity index (χ2v) is 7.08. The molecule has 2 nitrogen and oxygen atoms in total. The second kappa shape index (κ2) is 6.95. The molecular formula is C16H22BrClN2. The van der Waals surface area contributed by atoms with E-state index in [9.17, 15) is 0 Å². The molecule has 0 N–H and O–H groups in total. The molecular weight excluding hydrogens is 336 g/mol. The number of nitrogens with zero attached hydrogens (tertiary/aromatic N) is 2. The van der Waals surface area contributed by atoms with Crippen LogP contribution in [0, 0.1) is 5.92 Å². The molecule has 2 aromatic rings. The van der Waals surface area contributed by atoms with Gasteiger partial charge in [-0.15, -0.1) is 11.6 Å². The molecule has 110 valence electrons. The van der Waals surface area contributed by atoms with Gasteiger partial charge < -0.3 is 4.57 Å². The Labute approximate surface area is 134 Å². The number of aryl methyl sites for hydroxylation is 1. The number of halogens is 2.